The zero-order chi connectivity index (χ0) is 33.4. The van der Waals surface area contributed by atoms with Crippen LogP contribution in [0, 0.1) is 11.8 Å². The van der Waals surface area contributed by atoms with Crippen LogP contribution in [-0.4, -0.2) is 33.8 Å². The van der Waals surface area contributed by atoms with Crippen LogP contribution in [-0.2, 0) is 15.8 Å². The Balaban J connectivity index is 1.66. The molecule has 0 bridgehead atoms. The van der Waals surface area contributed by atoms with Gasteiger partial charge < -0.3 is 4.74 Å². The van der Waals surface area contributed by atoms with Gasteiger partial charge in [0.25, 0.3) is 0 Å². The fourth-order valence-corrected chi connectivity index (χ4v) is 12.9. The van der Waals surface area contributed by atoms with Crippen molar-refractivity contribution in [2.24, 2.45) is 11.8 Å². The van der Waals surface area contributed by atoms with E-state index in [0.29, 0.717) is 12.5 Å². The summed E-state index contributed by atoms with van der Waals surface area (Å²) in [5.41, 5.74) is 1.15. The van der Waals surface area contributed by atoms with Gasteiger partial charge in [0.15, 0.2) is 0 Å². The first-order chi connectivity index (χ1) is 21.9. The first kappa shape index (κ1) is 36.1. The Hall–Kier alpha value is -2.75. The average molecular weight is 657 g/mol. The van der Waals surface area contributed by atoms with E-state index in [0.717, 1.165) is 23.9 Å². The van der Waals surface area contributed by atoms with Gasteiger partial charge in [-0.3, -0.25) is 0 Å². The van der Waals surface area contributed by atoms with E-state index in [2.05, 4.69) is 158 Å². The summed E-state index contributed by atoms with van der Waals surface area (Å²) in [6.07, 6.45) is 2.30. The van der Waals surface area contributed by atoms with Crippen LogP contribution < -0.4 is 20.7 Å². The third kappa shape index (κ3) is 8.58. The molecule has 5 heteroatoms. The number of rotatable bonds is 15. The van der Waals surface area contributed by atoms with E-state index in [9.17, 15) is 0 Å². The molecule has 4 unspecified atom stereocenters. The summed E-state index contributed by atoms with van der Waals surface area (Å²) in [4.78, 5) is 0. The Labute approximate surface area is 281 Å². The molecule has 3 nitrogen and oxygen atoms in total. The third-order valence-electron chi connectivity index (χ3n) is 10.5. The second-order valence-electron chi connectivity index (χ2n) is 14.6. The van der Waals surface area contributed by atoms with Gasteiger partial charge in [-0.15, -0.1) is 0 Å². The van der Waals surface area contributed by atoms with Crippen LogP contribution in [0.4, 0.5) is 0 Å². The molecule has 4 atom stereocenters. The zero-order valence-electron chi connectivity index (χ0n) is 29.6. The van der Waals surface area contributed by atoms with Crippen molar-refractivity contribution < 1.29 is 13.9 Å². The fraction of sp³-hybridized carbons (Fsp3) is 0.415. The Morgan fingerprint density at radius 1 is 0.674 bits per heavy atom. The summed E-state index contributed by atoms with van der Waals surface area (Å²) in [6.45, 7) is 19.4. The summed E-state index contributed by atoms with van der Waals surface area (Å²) >= 11 is 0. The predicted molar refractivity (Wildman–Crippen MR) is 204 cm³/mol. The molecule has 0 N–H and O–H groups in total. The SMILES string of the molecule is COc1ccc(COC(C)C(C)C(O[Si](C)(C)C(C)(C)C)C(C)CC[PH](c2ccccc2)(c2ccccc2)c2ccccc2)cc1. The summed E-state index contributed by atoms with van der Waals surface area (Å²) in [5, 5.41) is 4.51. The van der Waals surface area contributed by atoms with E-state index < -0.39 is 15.6 Å². The molecule has 0 spiro atoms. The molecule has 0 aliphatic carbocycles. The van der Waals surface area contributed by atoms with Crippen molar-refractivity contribution in [2.75, 3.05) is 13.3 Å². The molecule has 248 valence electrons. The second kappa shape index (κ2) is 15.9. The topological polar surface area (TPSA) is 27.7 Å². The Morgan fingerprint density at radius 3 is 1.54 bits per heavy atom. The molecule has 46 heavy (non-hydrogen) atoms. The Kier molecular flexibility index (Phi) is 12.5. The molecule has 0 radical (unpaired) electrons. The quantitative estimate of drug-likeness (QED) is 0.0943. The number of benzene rings is 4. The molecule has 0 aromatic heterocycles. The minimum atomic E-state index is -2.34. The molecular formula is C41H57O3PSi. The summed E-state index contributed by atoms with van der Waals surface area (Å²) in [7, 11) is -2.70. The summed E-state index contributed by atoms with van der Waals surface area (Å²) in [6, 6.07) is 42.0. The van der Waals surface area contributed by atoms with E-state index in [4.69, 9.17) is 13.9 Å². The first-order valence-corrected chi connectivity index (χ1v) is 22.1. The number of methoxy groups -OCH3 is 1. The average Bonchev–Trinajstić information content (AvgIpc) is 3.07. The Morgan fingerprint density at radius 2 is 1.13 bits per heavy atom. The van der Waals surface area contributed by atoms with Crippen LogP contribution in [0.3, 0.4) is 0 Å². The van der Waals surface area contributed by atoms with Gasteiger partial charge >= 0.3 is 270 Å². The monoisotopic (exact) mass is 656 g/mol. The van der Waals surface area contributed by atoms with Gasteiger partial charge in [-0.1, -0.05) is 0 Å². The van der Waals surface area contributed by atoms with Crippen molar-refractivity contribution in [1.29, 1.82) is 0 Å². The van der Waals surface area contributed by atoms with Crippen LogP contribution in [0.15, 0.2) is 115 Å². The second-order valence-corrected chi connectivity index (χ2v) is 23.4. The zero-order valence-corrected chi connectivity index (χ0v) is 31.6. The fourth-order valence-electron chi connectivity index (χ4n) is 6.34. The van der Waals surface area contributed by atoms with Crippen molar-refractivity contribution in [1.82, 2.24) is 0 Å². The Bertz CT molecular complexity index is 1360. The third-order valence-corrected chi connectivity index (χ3v) is 20.0. The first-order valence-electron chi connectivity index (χ1n) is 17.0. The van der Waals surface area contributed by atoms with Gasteiger partial charge in [0.05, 0.1) is 7.11 Å². The van der Waals surface area contributed by atoms with Crippen LogP contribution >= 0.6 is 7.26 Å². The van der Waals surface area contributed by atoms with Crippen LogP contribution in [0.2, 0.25) is 18.1 Å². The molecule has 0 aliphatic heterocycles. The maximum atomic E-state index is 7.37. The molecule has 4 rings (SSSR count). The normalized spacial score (nSPS) is 15.5. The molecule has 0 heterocycles. The molecular weight excluding hydrogens is 600 g/mol. The van der Waals surface area contributed by atoms with E-state index >= 15 is 0 Å². The van der Waals surface area contributed by atoms with Crippen LogP contribution in [0.1, 0.15) is 53.5 Å². The van der Waals surface area contributed by atoms with Gasteiger partial charge in [-0.05, 0) is 0 Å². The van der Waals surface area contributed by atoms with Crippen molar-refractivity contribution in [2.45, 2.75) is 84.9 Å². The molecule has 0 saturated heterocycles. The van der Waals surface area contributed by atoms with Gasteiger partial charge in [0, 0.05) is 0 Å². The van der Waals surface area contributed by atoms with Gasteiger partial charge in [-0.25, -0.2) is 0 Å². The minimum absolute atomic E-state index is 0.0405. The standard InChI is InChI=1S/C41H57O3PSi/c1-32(29-30-45(37-19-13-10-14-20-37,38-21-15-11-16-22-38)39-23-17-12-18-24-39)40(44-46(8,9)41(4,5)6)33(2)34(3)43-31-35-25-27-36(42-7)28-26-35/h10-28,32-34,40,45H,29-31H2,1-9H3. The summed E-state index contributed by atoms with van der Waals surface area (Å²) < 4.78 is 19.3. The molecule has 0 amide bonds. The maximum absolute atomic E-state index is 7.37. The number of hydrogen-bond acceptors (Lipinski definition) is 3. The molecule has 4 aromatic rings. The van der Waals surface area contributed by atoms with Crippen molar-refractivity contribution in [3.63, 3.8) is 0 Å². The van der Waals surface area contributed by atoms with Crippen molar-refractivity contribution in [3.05, 3.63) is 121 Å². The molecule has 0 aliphatic rings. The van der Waals surface area contributed by atoms with Gasteiger partial charge in [-0.2, -0.15) is 0 Å². The van der Waals surface area contributed by atoms with Crippen LogP contribution in [0.25, 0.3) is 0 Å². The molecule has 0 fully saturated rings. The van der Waals surface area contributed by atoms with Gasteiger partial charge in [0.1, 0.15) is 0 Å². The van der Waals surface area contributed by atoms with Crippen molar-refractivity contribution >= 4 is 31.5 Å². The predicted octanol–water partition coefficient (Wildman–Crippen LogP) is 9.38. The van der Waals surface area contributed by atoms with E-state index in [1.165, 1.54) is 15.9 Å². The van der Waals surface area contributed by atoms with Crippen LogP contribution in [0.5, 0.6) is 5.75 Å². The summed E-state index contributed by atoms with van der Waals surface area (Å²) in [5.74, 6) is 1.44. The number of ether oxygens (including phenoxy) is 2. The van der Waals surface area contributed by atoms with E-state index in [-0.39, 0.29) is 23.2 Å². The molecule has 0 saturated carbocycles. The van der Waals surface area contributed by atoms with Gasteiger partial charge in [0.2, 0.25) is 0 Å². The van der Waals surface area contributed by atoms with Crippen molar-refractivity contribution in [3.8, 4) is 5.75 Å². The molecule has 4 aromatic carbocycles. The van der Waals surface area contributed by atoms with E-state index in [1.54, 1.807) is 7.11 Å². The number of hydrogen-bond donors (Lipinski definition) is 0. The van der Waals surface area contributed by atoms with E-state index in [1.807, 2.05) is 12.1 Å².